The second-order valence-corrected chi connectivity index (χ2v) is 11.9. The highest BCUT2D eigenvalue weighted by atomic mass is 32.2. The van der Waals surface area contributed by atoms with Crippen molar-refractivity contribution in [2.45, 2.75) is 112 Å². The fourth-order valence-electron chi connectivity index (χ4n) is 5.47. The molecule has 0 spiro atoms. The summed E-state index contributed by atoms with van der Waals surface area (Å²) in [7, 11) is 0. The molecule has 0 radical (unpaired) electrons. The fourth-order valence-corrected chi connectivity index (χ4v) is 7.15. The lowest BCUT2D eigenvalue weighted by molar-refractivity contribution is -0.119. The number of aromatic nitrogens is 6. The number of amides is 2. The van der Waals surface area contributed by atoms with Gasteiger partial charge < -0.3 is 9.13 Å². The number of nitrogens with zero attached hydrogens (tertiary/aromatic N) is 6. The number of aryl methyl sites for hydroxylation is 2. The van der Waals surface area contributed by atoms with Crippen LogP contribution in [0.15, 0.2) is 10.3 Å². The summed E-state index contributed by atoms with van der Waals surface area (Å²) in [6.07, 6.45) is 15.4. The second-order valence-electron chi connectivity index (χ2n) is 10.0. The van der Waals surface area contributed by atoms with E-state index >= 15 is 0 Å². The van der Waals surface area contributed by atoms with Gasteiger partial charge >= 0.3 is 0 Å². The van der Waals surface area contributed by atoms with Crippen molar-refractivity contribution in [2.24, 2.45) is 11.7 Å². The van der Waals surface area contributed by atoms with E-state index in [2.05, 4.69) is 40.4 Å². The molecule has 38 heavy (non-hydrogen) atoms. The number of hydrazine groups is 2. The highest BCUT2D eigenvalue weighted by Crippen LogP contribution is 2.34. The molecular weight excluding hydrogens is 524 g/mol. The van der Waals surface area contributed by atoms with E-state index in [0.717, 1.165) is 73.3 Å². The Morgan fingerprint density at radius 1 is 0.684 bits per heavy atom. The Hall–Kier alpha value is -2.16. The van der Waals surface area contributed by atoms with Crippen LogP contribution in [-0.2, 0) is 22.4 Å². The first-order valence-corrected chi connectivity index (χ1v) is 15.7. The van der Waals surface area contributed by atoms with E-state index in [1.165, 1.54) is 62.0 Å². The first-order valence-electron chi connectivity index (χ1n) is 13.7. The van der Waals surface area contributed by atoms with Crippen LogP contribution in [0.5, 0.6) is 0 Å². The van der Waals surface area contributed by atoms with Crippen molar-refractivity contribution in [3.05, 3.63) is 11.6 Å². The molecule has 2 heterocycles. The molecule has 2 saturated carbocycles. The Morgan fingerprint density at radius 2 is 1.08 bits per heavy atom. The topological polar surface area (TPSA) is 172 Å². The lowest BCUT2D eigenvalue weighted by atomic mass is 9.95. The van der Waals surface area contributed by atoms with Crippen LogP contribution in [0.1, 0.15) is 101 Å². The number of nitrogens with one attached hydrogen (secondary N) is 2. The molecule has 0 aliphatic heterocycles. The molecule has 0 atom stereocenters. The van der Waals surface area contributed by atoms with E-state index in [9.17, 15) is 9.59 Å². The van der Waals surface area contributed by atoms with Gasteiger partial charge in [0.05, 0.1) is 11.5 Å². The normalized spacial score (nSPS) is 17.0. The second kappa shape index (κ2) is 14.8. The highest BCUT2D eigenvalue weighted by Gasteiger charge is 2.25. The molecule has 6 N–H and O–H groups in total. The van der Waals surface area contributed by atoms with Gasteiger partial charge in [-0.15, -0.1) is 20.4 Å². The van der Waals surface area contributed by atoms with E-state index in [1.54, 1.807) is 0 Å². The maximum absolute atomic E-state index is 11.7. The Labute approximate surface area is 232 Å². The summed E-state index contributed by atoms with van der Waals surface area (Å²) in [4.78, 5) is 23.4. The van der Waals surface area contributed by atoms with E-state index in [-0.39, 0.29) is 23.3 Å². The number of nitrogens with two attached hydrogens (primary N) is 2. The van der Waals surface area contributed by atoms with E-state index < -0.39 is 0 Å². The first-order chi connectivity index (χ1) is 18.6. The Bertz CT molecular complexity index is 965. The average molecular weight is 565 g/mol. The molecule has 2 amide bonds. The average Bonchev–Trinajstić information content (AvgIpc) is 3.57. The summed E-state index contributed by atoms with van der Waals surface area (Å²) in [5.41, 5.74) is 4.38. The predicted octanol–water partition coefficient (Wildman–Crippen LogP) is 2.61. The highest BCUT2D eigenvalue weighted by molar-refractivity contribution is 8.00. The number of hydrogen-bond acceptors (Lipinski definition) is 10. The number of thioether (sulfide) groups is 2. The van der Waals surface area contributed by atoms with Crippen molar-refractivity contribution in [2.75, 3.05) is 11.5 Å². The third-order valence-corrected chi connectivity index (χ3v) is 9.27. The summed E-state index contributed by atoms with van der Waals surface area (Å²) in [6, 6.07) is 0.772. The van der Waals surface area contributed by atoms with Crippen LogP contribution < -0.4 is 22.5 Å². The van der Waals surface area contributed by atoms with Gasteiger partial charge in [-0.1, -0.05) is 62.0 Å². The zero-order valence-electron chi connectivity index (χ0n) is 21.9. The SMILES string of the molecule is NNC(=O)CSc1nnc(CCCCc2nnc(SCC(=O)NN)n2C2CCCCC2)n1C1CCCCC1. The van der Waals surface area contributed by atoms with Gasteiger partial charge in [0, 0.05) is 24.9 Å². The molecule has 2 fully saturated rings. The Balaban J connectivity index is 1.40. The van der Waals surface area contributed by atoms with Crippen molar-refractivity contribution in [3.63, 3.8) is 0 Å². The molecule has 0 saturated heterocycles. The largest absolute Gasteiger partial charge is 0.303 e. The van der Waals surface area contributed by atoms with Crippen molar-refractivity contribution in [1.82, 2.24) is 40.4 Å². The standard InChI is InChI=1S/C24H40N10O2S2/c25-27-21(35)15-37-23-31-29-19(33(23)17-9-3-1-4-10-17)13-7-8-14-20-30-32-24(38-16-22(36)28-26)34(20)18-11-5-2-6-12-18/h17-18H,1-16,25-26H2,(H,27,35)(H,28,36). The number of carbonyl (C=O) groups excluding carboxylic acids is 2. The molecule has 2 aliphatic carbocycles. The van der Waals surface area contributed by atoms with Crippen LogP contribution in [0.2, 0.25) is 0 Å². The molecule has 4 rings (SSSR count). The van der Waals surface area contributed by atoms with Crippen molar-refractivity contribution < 1.29 is 9.59 Å². The number of rotatable bonds is 13. The maximum atomic E-state index is 11.7. The van der Waals surface area contributed by atoms with Gasteiger partial charge in [-0.05, 0) is 38.5 Å². The van der Waals surface area contributed by atoms with Crippen LogP contribution in [0, 0.1) is 0 Å². The Morgan fingerprint density at radius 3 is 1.45 bits per heavy atom. The molecule has 14 heteroatoms. The van der Waals surface area contributed by atoms with Crippen molar-refractivity contribution >= 4 is 35.3 Å². The number of unbranched alkanes of at least 4 members (excludes halogenated alkanes) is 1. The van der Waals surface area contributed by atoms with Crippen LogP contribution in [0.25, 0.3) is 0 Å². The monoisotopic (exact) mass is 564 g/mol. The van der Waals surface area contributed by atoms with Crippen LogP contribution >= 0.6 is 23.5 Å². The van der Waals surface area contributed by atoms with Crippen LogP contribution in [0.3, 0.4) is 0 Å². The molecule has 0 unspecified atom stereocenters. The first kappa shape index (κ1) is 28.8. The lowest BCUT2D eigenvalue weighted by Gasteiger charge is -2.26. The summed E-state index contributed by atoms with van der Waals surface area (Å²) in [5.74, 6) is 12.5. The fraction of sp³-hybridized carbons (Fsp3) is 0.750. The summed E-state index contributed by atoms with van der Waals surface area (Å²) < 4.78 is 4.55. The minimum Gasteiger partial charge on any atom is -0.303 e. The molecule has 2 aromatic rings. The van der Waals surface area contributed by atoms with Gasteiger partial charge in [-0.25, -0.2) is 11.7 Å². The third kappa shape index (κ3) is 7.70. The quantitative estimate of drug-likeness (QED) is 0.0931. The maximum Gasteiger partial charge on any atom is 0.244 e. The number of hydrogen-bond donors (Lipinski definition) is 4. The van der Waals surface area contributed by atoms with Gasteiger partial charge in [0.25, 0.3) is 0 Å². The van der Waals surface area contributed by atoms with Crippen molar-refractivity contribution in [1.29, 1.82) is 0 Å². The van der Waals surface area contributed by atoms with Crippen LogP contribution in [-0.4, -0.2) is 52.8 Å². The molecule has 12 nitrogen and oxygen atoms in total. The third-order valence-electron chi connectivity index (χ3n) is 7.39. The van der Waals surface area contributed by atoms with Gasteiger partial charge in [-0.2, -0.15) is 0 Å². The molecular formula is C24H40N10O2S2. The zero-order chi connectivity index (χ0) is 26.7. The van der Waals surface area contributed by atoms with Gasteiger partial charge in [0.1, 0.15) is 11.6 Å². The summed E-state index contributed by atoms with van der Waals surface area (Å²) in [5, 5.41) is 19.5. The minimum atomic E-state index is -0.224. The smallest absolute Gasteiger partial charge is 0.244 e. The molecule has 2 aliphatic rings. The summed E-state index contributed by atoms with van der Waals surface area (Å²) >= 11 is 2.79. The van der Waals surface area contributed by atoms with E-state index in [0.29, 0.717) is 12.1 Å². The number of carbonyl (C=O) groups is 2. The van der Waals surface area contributed by atoms with Gasteiger partial charge in [0.2, 0.25) is 11.8 Å². The minimum absolute atomic E-state index is 0.224. The molecule has 2 aromatic heterocycles. The Kier molecular flexibility index (Phi) is 11.3. The van der Waals surface area contributed by atoms with Gasteiger partial charge in [-0.3, -0.25) is 20.4 Å². The van der Waals surface area contributed by atoms with Crippen molar-refractivity contribution in [3.8, 4) is 0 Å². The summed E-state index contributed by atoms with van der Waals surface area (Å²) in [6.45, 7) is 0. The van der Waals surface area contributed by atoms with Gasteiger partial charge in [0.15, 0.2) is 10.3 Å². The molecule has 0 aromatic carbocycles. The predicted molar refractivity (Wildman–Crippen MR) is 147 cm³/mol. The molecule has 210 valence electrons. The molecule has 0 bridgehead atoms. The lowest BCUT2D eigenvalue weighted by Crippen LogP contribution is -2.31. The van der Waals surface area contributed by atoms with E-state index in [4.69, 9.17) is 11.7 Å². The van der Waals surface area contributed by atoms with E-state index in [1.807, 2.05) is 0 Å². The zero-order valence-corrected chi connectivity index (χ0v) is 23.6. The van der Waals surface area contributed by atoms with Crippen LogP contribution in [0.4, 0.5) is 0 Å².